The molecule has 2 heteroatoms. The molecule has 1 unspecified atom stereocenters. The molecule has 0 heterocycles. The third-order valence-corrected chi connectivity index (χ3v) is 3.39. The summed E-state index contributed by atoms with van der Waals surface area (Å²) in [6, 6.07) is 6.44. The topological polar surface area (TPSA) is 35.2 Å². The van der Waals surface area contributed by atoms with Gasteiger partial charge in [-0.15, -0.1) is 0 Å². The second-order valence-corrected chi connectivity index (χ2v) is 4.85. The van der Waals surface area contributed by atoms with Gasteiger partial charge in [-0.05, 0) is 44.2 Å². The second-order valence-electron chi connectivity index (χ2n) is 4.85. The number of aryl methyl sites for hydroxylation is 2. The number of rotatable bonds is 4. The Labute approximate surface area is 97.8 Å². The lowest BCUT2D eigenvalue weighted by Crippen LogP contribution is -2.27. The summed E-state index contributed by atoms with van der Waals surface area (Å²) in [5.74, 6) is 0. The van der Waals surface area contributed by atoms with Crippen LogP contribution in [-0.2, 0) is 4.74 Å². The highest BCUT2D eigenvalue weighted by Gasteiger charge is 2.19. The van der Waals surface area contributed by atoms with E-state index in [1.165, 1.54) is 36.0 Å². The quantitative estimate of drug-likeness (QED) is 0.845. The lowest BCUT2D eigenvalue weighted by Gasteiger charge is -2.27. The molecule has 2 rings (SSSR count). The van der Waals surface area contributed by atoms with Crippen LogP contribution in [-0.4, -0.2) is 12.7 Å². The molecular weight excluding hydrogens is 198 g/mol. The van der Waals surface area contributed by atoms with Gasteiger partial charge in [-0.25, -0.2) is 0 Å². The Hall–Kier alpha value is -0.860. The smallest absolute Gasteiger partial charge is 0.0663 e. The average molecular weight is 219 g/mol. The number of nitrogens with two attached hydrogens (primary N) is 1. The first-order chi connectivity index (χ1) is 7.66. The fourth-order valence-corrected chi connectivity index (χ4v) is 2.11. The first-order valence-electron chi connectivity index (χ1n) is 6.11. The standard InChI is InChI=1S/C14H21NO/c1-10-6-7-13(11(2)8-10)14(15)9-16-12-4-3-5-12/h6-8,12,14H,3-5,9,15H2,1-2H3. The molecule has 2 N–H and O–H groups in total. The normalized spacial score (nSPS) is 18.2. The number of benzene rings is 1. The van der Waals surface area contributed by atoms with E-state index in [-0.39, 0.29) is 6.04 Å². The van der Waals surface area contributed by atoms with E-state index in [2.05, 4.69) is 32.0 Å². The molecule has 0 radical (unpaired) electrons. The molecule has 0 aromatic heterocycles. The van der Waals surface area contributed by atoms with Crippen molar-refractivity contribution in [1.82, 2.24) is 0 Å². The molecule has 1 aliphatic carbocycles. The summed E-state index contributed by atoms with van der Waals surface area (Å²) in [5, 5.41) is 0. The molecule has 0 saturated heterocycles. The zero-order valence-electron chi connectivity index (χ0n) is 10.2. The summed E-state index contributed by atoms with van der Waals surface area (Å²) in [6.45, 7) is 4.87. The van der Waals surface area contributed by atoms with Crippen LogP contribution in [0.1, 0.15) is 42.0 Å². The van der Waals surface area contributed by atoms with Crippen molar-refractivity contribution in [2.45, 2.75) is 45.3 Å². The van der Waals surface area contributed by atoms with E-state index in [4.69, 9.17) is 10.5 Å². The van der Waals surface area contributed by atoms with Gasteiger partial charge in [0, 0.05) is 0 Å². The number of hydrogen-bond donors (Lipinski definition) is 1. The fourth-order valence-electron chi connectivity index (χ4n) is 2.11. The maximum atomic E-state index is 6.15. The minimum Gasteiger partial charge on any atom is -0.376 e. The highest BCUT2D eigenvalue weighted by Crippen LogP contribution is 2.24. The monoisotopic (exact) mass is 219 g/mol. The van der Waals surface area contributed by atoms with Gasteiger partial charge in [0.15, 0.2) is 0 Å². The summed E-state index contributed by atoms with van der Waals surface area (Å²) >= 11 is 0. The Bertz CT molecular complexity index is 358. The summed E-state index contributed by atoms with van der Waals surface area (Å²) in [6.07, 6.45) is 4.19. The maximum absolute atomic E-state index is 6.15. The van der Waals surface area contributed by atoms with Crippen molar-refractivity contribution in [3.05, 3.63) is 34.9 Å². The largest absolute Gasteiger partial charge is 0.376 e. The van der Waals surface area contributed by atoms with E-state index >= 15 is 0 Å². The summed E-state index contributed by atoms with van der Waals surface area (Å²) in [7, 11) is 0. The van der Waals surface area contributed by atoms with Crippen LogP contribution in [0.5, 0.6) is 0 Å². The van der Waals surface area contributed by atoms with Crippen LogP contribution >= 0.6 is 0 Å². The SMILES string of the molecule is Cc1ccc(C(N)COC2CCC2)c(C)c1. The Morgan fingerprint density at radius 3 is 2.69 bits per heavy atom. The van der Waals surface area contributed by atoms with Gasteiger partial charge in [0.25, 0.3) is 0 Å². The number of hydrogen-bond acceptors (Lipinski definition) is 2. The third-order valence-electron chi connectivity index (χ3n) is 3.39. The van der Waals surface area contributed by atoms with Crippen molar-refractivity contribution < 1.29 is 4.74 Å². The Balaban J connectivity index is 1.93. The minimum atomic E-state index is 0.0150. The van der Waals surface area contributed by atoms with Crippen molar-refractivity contribution >= 4 is 0 Å². The summed E-state index contributed by atoms with van der Waals surface area (Å²) in [5.41, 5.74) is 9.91. The summed E-state index contributed by atoms with van der Waals surface area (Å²) in [4.78, 5) is 0. The van der Waals surface area contributed by atoms with Crippen molar-refractivity contribution in [3.8, 4) is 0 Å². The first-order valence-corrected chi connectivity index (χ1v) is 6.11. The predicted molar refractivity (Wildman–Crippen MR) is 66.4 cm³/mol. The molecule has 1 aliphatic rings. The Morgan fingerprint density at radius 2 is 2.12 bits per heavy atom. The van der Waals surface area contributed by atoms with Crippen LogP contribution < -0.4 is 5.73 Å². The molecule has 1 fully saturated rings. The molecule has 1 aromatic carbocycles. The van der Waals surface area contributed by atoms with Gasteiger partial charge in [0.05, 0.1) is 18.8 Å². The molecule has 0 bridgehead atoms. The lowest BCUT2D eigenvalue weighted by atomic mass is 9.96. The van der Waals surface area contributed by atoms with E-state index in [1.54, 1.807) is 0 Å². The predicted octanol–water partition coefficient (Wildman–Crippen LogP) is 2.87. The van der Waals surface area contributed by atoms with Gasteiger partial charge in [0.2, 0.25) is 0 Å². The van der Waals surface area contributed by atoms with Crippen LogP contribution in [0.4, 0.5) is 0 Å². The van der Waals surface area contributed by atoms with Gasteiger partial charge >= 0.3 is 0 Å². The third kappa shape index (κ3) is 2.63. The van der Waals surface area contributed by atoms with E-state index in [0.717, 1.165) is 0 Å². The van der Waals surface area contributed by atoms with Crippen LogP contribution in [0, 0.1) is 13.8 Å². The van der Waals surface area contributed by atoms with E-state index in [1.807, 2.05) is 0 Å². The Morgan fingerprint density at radius 1 is 1.38 bits per heavy atom. The molecule has 0 aliphatic heterocycles. The van der Waals surface area contributed by atoms with Crippen LogP contribution in [0.15, 0.2) is 18.2 Å². The molecule has 88 valence electrons. The highest BCUT2D eigenvalue weighted by atomic mass is 16.5. The zero-order valence-corrected chi connectivity index (χ0v) is 10.2. The molecular formula is C14H21NO. The molecule has 1 saturated carbocycles. The van der Waals surface area contributed by atoms with Gasteiger partial charge in [-0.3, -0.25) is 0 Å². The number of ether oxygens (including phenoxy) is 1. The second kappa shape index (κ2) is 4.98. The van der Waals surface area contributed by atoms with Crippen molar-refractivity contribution in [3.63, 3.8) is 0 Å². The molecule has 0 spiro atoms. The van der Waals surface area contributed by atoms with Crippen molar-refractivity contribution in [1.29, 1.82) is 0 Å². The van der Waals surface area contributed by atoms with Crippen molar-refractivity contribution in [2.75, 3.05) is 6.61 Å². The van der Waals surface area contributed by atoms with Gasteiger partial charge in [0.1, 0.15) is 0 Å². The van der Waals surface area contributed by atoms with Crippen LogP contribution in [0.3, 0.4) is 0 Å². The molecule has 1 aromatic rings. The van der Waals surface area contributed by atoms with Crippen LogP contribution in [0.25, 0.3) is 0 Å². The highest BCUT2D eigenvalue weighted by molar-refractivity contribution is 5.32. The molecule has 1 atom stereocenters. The van der Waals surface area contributed by atoms with Crippen molar-refractivity contribution in [2.24, 2.45) is 5.73 Å². The van der Waals surface area contributed by atoms with E-state index in [9.17, 15) is 0 Å². The van der Waals surface area contributed by atoms with Gasteiger partial charge in [-0.1, -0.05) is 23.8 Å². The lowest BCUT2D eigenvalue weighted by molar-refractivity contribution is -0.00451. The van der Waals surface area contributed by atoms with Crippen LogP contribution in [0.2, 0.25) is 0 Å². The zero-order chi connectivity index (χ0) is 11.5. The summed E-state index contributed by atoms with van der Waals surface area (Å²) < 4.78 is 5.75. The van der Waals surface area contributed by atoms with E-state index < -0.39 is 0 Å². The van der Waals surface area contributed by atoms with Gasteiger partial charge in [-0.2, -0.15) is 0 Å². The van der Waals surface area contributed by atoms with E-state index in [0.29, 0.717) is 12.7 Å². The molecule has 16 heavy (non-hydrogen) atoms. The maximum Gasteiger partial charge on any atom is 0.0663 e. The average Bonchev–Trinajstić information content (AvgIpc) is 2.14. The molecule has 0 amide bonds. The Kier molecular flexibility index (Phi) is 3.62. The molecule has 2 nitrogen and oxygen atoms in total. The first kappa shape index (κ1) is 11.6. The van der Waals surface area contributed by atoms with Gasteiger partial charge < -0.3 is 10.5 Å². The fraction of sp³-hybridized carbons (Fsp3) is 0.571. The minimum absolute atomic E-state index is 0.0150.